The van der Waals surface area contributed by atoms with Crippen molar-refractivity contribution in [3.63, 3.8) is 0 Å². The number of allylic oxidation sites excluding steroid dienone is 4. The molecule has 0 aromatic heterocycles. The van der Waals surface area contributed by atoms with Crippen LogP contribution in [-0.2, 0) is 9.59 Å². The number of ketones is 1. The molecule has 190 valence electrons. The van der Waals surface area contributed by atoms with E-state index >= 15 is 0 Å². The Hall–Kier alpha value is -1.91. The molecule has 1 amide bonds. The van der Waals surface area contributed by atoms with Crippen molar-refractivity contribution in [2.45, 2.75) is 71.8 Å². The molecule has 6 heteroatoms. The first-order valence-corrected chi connectivity index (χ1v) is 14.1. The molecular weight excluding hydrogens is 491 g/mol. The van der Waals surface area contributed by atoms with Gasteiger partial charge in [0.05, 0.1) is 11.1 Å². The average molecular weight is 526 g/mol. The molecule has 0 saturated heterocycles. The Labute approximate surface area is 223 Å². The summed E-state index contributed by atoms with van der Waals surface area (Å²) < 4.78 is 0. The van der Waals surface area contributed by atoms with Crippen LogP contribution >= 0.6 is 23.2 Å². The van der Waals surface area contributed by atoms with Gasteiger partial charge in [0.15, 0.2) is 5.78 Å². The fraction of sp³-hybridized carbons (Fsp3) is 0.567. The van der Waals surface area contributed by atoms with Crippen LogP contribution in [0, 0.1) is 34.5 Å². The molecule has 36 heavy (non-hydrogen) atoms. The number of halogens is 2. The summed E-state index contributed by atoms with van der Waals surface area (Å²) in [5.41, 5.74) is 3.38. The van der Waals surface area contributed by atoms with E-state index in [1.54, 1.807) is 18.0 Å². The van der Waals surface area contributed by atoms with Gasteiger partial charge in [0.2, 0.25) is 5.91 Å². The van der Waals surface area contributed by atoms with E-state index in [0.29, 0.717) is 33.7 Å². The zero-order chi connectivity index (χ0) is 25.4. The van der Waals surface area contributed by atoms with E-state index in [1.165, 1.54) is 12.1 Å². The molecule has 6 rings (SSSR count). The summed E-state index contributed by atoms with van der Waals surface area (Å²) in [5, 5.41) is 7.80. The molecule has 0 bridgehead atoms. The van der Waals surface area contributed by atoms with Crippen LogP contribution in [0.5, 0.6) is 0 Å². The van der Waals surface area contributed by atoms with Gasteiger partial charge in [-0.05, 0) is 85.0 Å². The third kappa shape index (κ3) is 3.43. The molecule has 0 spiro atoms. The Morgan fingerprint density at radius 1 is 1.08 bits per heavy atom. The molecule has 5 aliphatic rings. The highest BCUT2D eigenvalue weighted by Crippen LogP contribution is 2.67. The number of nitrogens with zero attached hydrogens (tertiary/aromatic N) is 2. The number of amides is 1. The number of fused-ring (bicyclic) bond motifs is 5. The van der Waals surface area contributed by atoms with Gasteiger partial charge in [-0.1, -0.05) is 61.3 Å². The Morgan fingerprint density at radius 2 is 1.86 bits per heavy atom. The van der Waals surface area contributed by atoms with Crippen LogP contribution in [0.15, 0.2) is 52.1 Å². The zero-order valence-electron chi connectivity index (χ0n) is 21.3. The Balaban J connectivity index is 1.29. The first kappa shape index (κ1) is 24.4. The minimum atomic E-state index is -0.126. The van der Waals surface area contributed by atoms with Gasteiger partial charge in [-0.3, -0.25) is 9.59 Å². The second-order valence-electron chi connectivity index (χ2n) is 12.1. The van der Waals surface area contributed by atoms with Gasteiger partial charge in [-0.2, -0.15) is 5.10 Å². The SMILES string of the molecule is CC(=O)N1N=C([C@H]2CC[C@H]3[C@@H]4CCC5=C(Cl)C(=O)C=C[C@]5(C)[C@H]4CC[C@]23C)CC1c1ccccc1Cl. The van der Waals surface area contributed by atoms with Crippen molar-refractivity contribution in [1.82, 2.24) is 5.01 Å². The van der Waals surface area contributed by atoms with E-state index in [-0.39, 0.29) is 28.6 Å². The van der Waals surface area contributed by atoms with Crippen molar-refractivity contribution in [3.8, 4) is 0 Å². The minimum absolute atomic E-state index is 0.0339. The molecule has 1 aliphatic heterocycles. The van der Waals surface area contributed by atoms with Crippen molar-refractivity contribution in [2.24, 2.45) is 39.6 Å². The predicted octanol–water partition coefficient (Wildman–Crippen LogP) is 7.48. The zero-order valence-corrected chi connectivity index (χ0v) is 22.8. The van der Waals surface area contributed by atoms with Crippen LogP contribution in [0.4, 0.5) is 0 Å². The number of rotatable bonds is 2. The largest absolute Gasteiger partial charge is 0.288 e. The van der Waals surface area contributed by atoms with Crippen LogP contribution in [0.25, 0.3) is 0 Å². The standard InChI is InChI=1S/C30H34Cl2N2O2/c1-17(35)34-26(19-6-4-5-7-24(19)31)16-25(33-34)22-11-10-20-18-8-9-23-28(32)27(36)13-15-30(23,3)21(18)12-14-29(20,22)2/h4-7,13,15,18,20-22,26H,8-12,14,16H2,1-3H3/t18-,20-,21-,22+,26?,29-,30+/m0/s1. The topological polar surface area (TPSA) is 49.7 Å². The highest BCUT2D eigenvalue weighted by atomic mass is 35.5. The van der Waals surface area contributed by atoms with E-state index in [0.717, 1.165) is 49.7 Å². The lowest BCUT2D eigenvalue weighted by molar-refractivity contribution is -0.130. The van der Waals surface area contributed by atoms with E-state index in [9.17, 15) is 9.59 Å². The number of carbonyl (C=O) groups is 2. The number of hydrogen-bond acceptors (Lipinski definition) is 3. The highest BCUT2D eigenvalue weighted by molar-refractivity contribution is 6.45. The monoisotopic (exact) mass is 524 g/mol. The summed E-state index contributed by atoms with van der Waals surface area (Å²) >= 11 is 13.1. The number of hydrogen-bond donors (Lipinski definition) is 0. The molecule has 3 fully saturated rings. The van der Waals surface area contributed by atoms with Gasteiger partial charge >= 0.3 is 0 Å². The fourth-order valence-corrected chi connectivity index (χ4v) is 9.47. The summed E-state index contributed by atoms with van der Waals surface area (Å²) in [4.78, 5) is 24.9. The van der Waals surface area contributed by atoms with Crippen LogP contribution in [0.3, 0.4) is 0 Å². The number of carbonyl (C=O) groups excluding carboxylic acids is 2. The molecule has 1 unspecified atom stereocenters. The lowest BCUT2D eigenvalue weighted by Crippen LogP contribution is -2.50. The van der Waals surface area contributed by atoms with E-state index in [1.807, 2.05) is 24.3 Å². The quantitative estimate of drug-likeness (QED) is 0.402. The summed E-state index contributed by atoms with van der Waals surface area (Å²) in [6.07, 6.45) is 11.2. The Bertz CT molecular complexity index is 1240. The second kappa shape index (κ2) is 8.56. The molecule has 4 aliphatic carbocycles. The second-order valence-corrected chi connectivity index (χ2v) is 12.8. The van der Waals surface area contributed by atoms with Gasteiger partial charge in [0, 0.05) is 35.4 Å². The molecular formula is C30H34Cl2N2O2. The van der Waals surface area contributed by atoms with E-state index in [4.69, 9.17) is 28.3 Å². The molecule has 0 radical (unpaired) electrons. The van der Waals surface area contributed by atoms with Crippen molar-refractivity contribution < 1.29 is 9.59 Å². The Morgan fingerprint density at radius 3 is 2.61 bits per heavy atom. The summed E-state index contributed by atoms with van der Waals surface area (Å²) in [6.45, 7) is 6.39. The molecule has 7 atom stereocenters. The highest BCUT2D eigenvalue weighted by Gasteiger charge is 2.60. The van der Waals surface area contributed by atoms with Crippen molar-refractivity contribution >= 4 is 40.6 Å². The third-order valence-electron chi connectivity index (χ3n) is 10.6. The van der Waals surface area contributed by atoms with Crippen LogP contribution in [0.2, 0.25) is 5.02 Å². The van der Waals surface area contributed by atoms with Crippen LogP contribution < -0.4 is 0 Å². The summed E-state index contributed by atoms with van der Waals surface area (Å²) in [5.74, 6) is 2.08. The molecule has 1 heterocycles. The molecule has 0 N–H and O–H groups in total. The third-order valence-corrected chi connectivity index (χ3v) is 11.3. The summed E-state index contributed by atoms with van der Waals surface area (Å²) in [6, 6.07) is 7.70. The van der Waals surface area contributed by atoms with E-state index < -0.39 is 0 Å². The van der Waals surface area contributed by atoms with Crippen molar-refractivity contribution in [3.05, 3.63) is 57.6 Å². The molecule has 1 aromatic rings. The number of hydrazone groups is 1. The average Bonchev–Trinajstić information content (AvgIpc) is 3.43. The van der Waals surface area contributed by atoms with Crippen LogP contribution in [0.1, 0.15) is 77.3 Å². The predicted molar refractivity (Wildman–Crippen MR) is 144 cm³/mol. The lowest BCUT2D eigenvalue weighted by atomic mass is 9.47. The minimum Gasteiger partial charge on any atom is -0.288 e. The Kier molecular flexibility index (Phi) is 5.81. The fourth-order valence-electron chi connectivity index (χ4n) is 8.85. The lowest BCUT2D eigenvalue weighted by Gasteiger charge is -2.57. The maximum absolute atomic E-state index is 12.6. The first-order chi connectivity index (χ1) is 17.1. The normalized spacial score (nSPS) is 39.6. The summed E-state index contributed by atoms with van der Waals surface area (Å²) in [7, 11) is 0. The maximum Gasteiger partial charge on any atom is 0.240 e. The van der Waals surface area contributed by atoms with Crippen LogP contribution in [-0.4, -0.2) is 22.4 Å². The molecule has 1 aromatic carbocycles. The van der Waals surface area contributed by atoms with Gasteiger partial charge < -0.3 is 0 Å². The van der Waals surface area contributed by atoms with Gasteiger partial charge in [0.1, 0.15) is 0 Å². The molecule has 3 saturated carbocycles. The van der Waals surface area contributed by atoms with Crippen molar-refractivity contribution in [2.75, 3.05) is 0 Å². The maximum atomic E-state index is 12.6. The first-order valence-electron chi connectivity index (χ1n) is 13.4. The van der Waals surface area contributed by atoms with Gasteiger partial charge in [0.25, 0.3) is 0 Å². The van der Waals surface area contributed by atoms with Gasteiger partial charge in [-0.25, -0.2) is 5.01 Å². The smallest absolute Gasteiger partial charge is 0.240 e. The number of benzene rings is 1. The molecule has 4 nitrogen and oxygen atoms in total. The van der Waals surface area contributed by atoms with E-state index in [2.05, 4.69) is 19.9 Å². The van der Waals surface area contributed by atoms with Gasteiger partial charge in [-0.15, -0.1) is 0 Å². The van der Waals surface area contributed by atoms with Crippen molar-refractivity contribution in [1.29, 1.82) is 0 Å².